The Morgan fingerprint density at radius 2 is 1.74 bits per heavy atom. The van der Waals surface area contributed by atoms with E-state index in [2.05, 4.69) is 15.3 Å². The number of piperidine rings is 1. The Bertz CT molecular complexity index is 1820. The van der Waals surface area contributed by atoms with Gasteiger partial charge in [-0.25, -0.2) is 22.5 Å². The number of rotatable bonds is 10. The van der Waals surface area contributed by atoms with E-state index in [-0.39, 0.29) is 11.0 Å². The predicted octanol–water partition coefficient (Wildman–Crippen LogP) is 5.82. The van der Waals surface area contributed by atoms with Crippen molar-refractivity contribution < 1.29 is 22.7 Å². The van der Waals surface area contributed by atoms with Crippen molar-refractivity contribution in [2.75, 3.05) is 39.5 Å². The van der Waals surface area contributed by atoms with Crippen molar-refractivity contribution in [3.05, 3.63) is 72.4 Å². The van der Waals surface area contributed by atoms with E-state index in [1.54, 1.807) is 42.4 Å². The number of likely N-dealkylation sites (tertiary alicyclic amines) is 1. The molecule has 3 heterocycles. The Labute approximate surface area is 276 Å². The van der Waals surface area contributed by atoms with Gasteiger partial charge in [0, 0.05) is 58.8 Å². The zero-order chi connectivity index (χ0) is 33.8. The number of sulfonamides is 1. The second-order valence-corrected chi connectivity index (χ2v) is 15.0. The van der Waals surface area contributed by atoms with Gasteiger partial charge in [-0.2, -0.15) is 5.10 Å². The quantitative estimate of drug-likeness (QED) is 0.210. The molecule has 1 aliphatic rings. The number of hydrogen-bond donors (Lipinski definition) is 1. The highest BCUT2D eigenvalue weighted by Crippen LogP contribution is 2.41. The van der Waals surface area contributed by atoms with Crippen LogP contribution in [0.2, 0.25) is 0 Å². The van der Waals surface area contributed by atoms with Gasteiger partial charge in [-0.1, -0.05) is 30.3 Å². The number of nitrogens with one attached hydrogen (secondary N) is 1. The summed E-state index contributed by atoms with van der Waals surface area (Å²) in [4.78, 5) is 23.8. The highest BCUT2D eigenvalue weighted by molar-refractivity contribution is 7.89. The molecule has 1 amide bonds. The van der Waals surface area contributed by atoms with Crippen LogP contribution in [0.3, 0.4) is 0 Å². The molecule has 4 aromatic rings. The molecule has 250 valence electrons. The molecule has 0 aliphatic carbocycles. The maximum Gasteiger partial charge on any atom is 0.410 e. The first-order chi connectivity index (χ1) is 22.3. The number of hydrogen-bond acceptors (Lipinski definition) is 9. The topological polar surface area (TPSA) is 131 Å². The maximum atomic E-state index is 12.9. The molecule has 0 bridgehead atoms. The number of anilines is 2. The number of pyridine rings is 1. The van der Waals surface area contributed by atoms with E-state index in [9.17, 15) is 13.2 Å². The molecule has 0 spiro atoms. The number of ether oxygens (including phenoxy) is 2. The van der Waals surface area contributed by atoms with Crippen LogP contribution in [-0.2, 0) is 26.9 Å². The van der Waals surface area contributed by atoms with Crippen LogP contribution in [0.4, 0.5) is 16.3 Å². The Balaban J connectivity index is 1.55. The number of amides is 1. The lowest BCUT2D eigenvalue weighted by molar-refractivity contribution is 0.0114. The van der Waals surface area contributed by atoms with Crippen LogP contribution in [0, 0.1) is 0 Å². The summed E-state index contributed by atoms with van der Waals surface area (Å²) in [6, 6.07) is 18.3. The Hall–Kier alpha value is -4.49. The third-order valence-electron chi connectivity index (χ3n) is 8.12. The third kappa shape index (κ3) is 7.57. The van der Waals surface area contributed by atoms with Crippen LogP contribution in [0.15, 0.2) is 76.7 Å². The zero-order valence-corrected chi connectivity index (χ0v) is 28.6. The van der Waals surface area contributed by atoms with Crippen LogP contribution in [0.25, 0.3) is 10.9 Å². The van der Waals surface area contributed by atoms with Gasteiger partial charge in [0.05, 0.1) is 16.0 Å². The minimum Gasteiger partial charge on any atom is -0.472 e. The molecule has 0 atom stereocenters. The van der Waals surface area contributed by atoms with E-state index >= 15 is 0 Å². The van der Waals surface area contributed by atoms with Gasteiger partial charge in [0.15, 0.2) is 5.82 Å². The van der Waals surface area contributed by atoms with Gasteiger partial charge in [-0.05, 0) is 69.5 Å². The third-order valence-corrected chi connectivity index (χ3v) is 9.95. The zero-order valence-electron chi connectivity index (χ0n) is 27.8. The van der Waals surface area contributed by atoms with E-state index in [1.165, 1.54) is 18.4 Å². The molecule has 13 heteroatoms. The fourth-order valence-corrected chi connectivity index (χ4v) is 6.48. The molecule has 1 N–H and O–H groups in total. The smallest absolute Gasteiger partial charge is 0.410 e. The number of nitrogens with zero attached hydrogens (tertiary/aromatic N) is 6. The van der Waals surface area contributed by atoms with Gasteiger partial charge < -0.3 is 24.7 Å². The van der Waals surface area contributed by atoms with Gasteiger partial charge >= 0.3 is 6.09 Å². The lowest BCUT2D eigenvalue weighted by Crippen LogP contribution is -2.49. The summed E-state index contributed by atoms with van der Waals surface area (Å²) >= 11 is 0. The highest BCUT2D eigenvalue weighted by atomic mass is 32.2. The number of carbonyl (C=O) groups excluding carboxylic acids is 1. The number of benzene rings is 2. The van der Waals surface area contributed by atoms with E-state index < -0.39 is 21.2 Å². The molecule has 0 radical (unpaired) electrons. The van der Waals surface area contributed by atoms with Crippen LogP contribution in [-0.4, -0.2) is 84.5 Å². The van der Waals surface area contributed by atoms with Crippen molar-refractivity contribution in [3.63, 3.8) is 0 Å². The molecule has 2 aromatic carbocycles. The number of carbonyl (C=O) groups is 1. The summed E-state index contributed by atoms with van der Waals surface area (Å²) in [5, 5.41) is 9.23. The molecule has 47 heavy (non-hydrogen) atoms. The van der Waals surface area contributed by atoms with Gasteiger partial charge in [0.25, 0.3) is 0 Å². The van der Waals surface area contributed by atoms with Gasteiger partial charge in [-0.3, -0.25) is 4.68 Å². The average Bonchev–Trinajstić information content (AvgIpc) is 3.42. The van der Waals surface area contributed by atoms with Crippen molar-refractivity contribution in [2.45, 2.75) is 62.7 Å². The summed E-state index contributed by atoms with van der Waals surface area (Å²) in [6.07, 6.45) is 5.11. The van der Waals surface area contributed by atoms with Crippen molar-refractivity contribution in [3.8, 4) is 5.88 Å². The van der Waals surface area contributed by atoms with Crippen molar-refractivity contribution in [2.24, 2.45) is 4.99 Å². The molecule has 0 saturated carbocycles. The van der Waals surface area contributed by atoms with Crippen LogP contribution >= 0.6 is 0 Å². The second kappa shape index (κ2) is 13.7. The lowest BCUT2D eigenvalue weighted by Gasteiger charge is -2.42. The summed E-state index contributed by atoms with van der Waals surface area (Å²) in [7, 11) is 1.17. The molecule has 1 saturated heterocycles. The van der Waals surface area contributed by atoms with Crippen molar-refractivity contribution in [1.82, 2.24) is 24.0 Å². The molecular formula is C34H43N7O5S. The summed E-state index contributed by atoms with van der Waals surface area (Å²) in [6.45, 7) is 6.87. The summed E-state index contributed by atoms with van der Waals surface area (Å²) in [5.74, 6) is 0.930. The summed E-state index contributed by atoms with van der Waals surface area (Å²) < 4.78 is 40.5. The average molecular weight is 662 g/mol. The Morgan fingerprint density at radius 1 is 1.06 bits per heavy atom. The van der Waals surface area contributed by atoms with E-state index in [0.717, 1.165) is 11.1 Å². The fourth-order valence-electron chi connectivity index (χ4n) is 5.57. The van der Waals surface area contributed by atoms with Crippen molar-refractivity contribution >= 4 is 44.7 Å². The number of fused-ring (bicyclic) bond motifs is 1. The first-order valence-electron chi connectivity index (χ1n) is 15.6. The van der Waals surface area contributed by atoms with E-state index in [1.807, 2.05) is 68.1 Å². The minimum absolute atomic E-state index is 0.187. The van der Waals surface area contributed by atoms with E-state index in [4.69, 9.17) is 14.6 Å². The molecule has 12 nitrogen and oxygen atoms in total. The highest BCUT2D eigenvalue weighted by Gasteiger charge is 2.40. The van der Waals surface area contributed by atoms with Crippen LogP contribution in [0.1, 0.15) is 45.6 Å². The van der Waals surface area contributed by atoms with Crippen LogP contribution in [0.5, 0.6) is 5.88 Å². The monoisotopic (exact) mass is 661 g/mol. The molecular weight excluding hydrogens is 618 g/mol. The molecule has 2 aromatic heterocycles. The first-order valence-corrected chi connectivity index (χ1v) is 17.0. The van der Waals surface area contributed by atoms with Gasteiger partial charge in [0.2, 0.25) is 15.9 Å². The second-order valence-electron chi connectivity index (χ2n) is 12.8. The molecule has 0 unspecified atom stereocenters. The summed E-state index contributed by atoms with van der Waals surface area (Å²) in [5.41, 5.74) is 1.37. The minimum atomic E-state index is -3.58. The van der Waals surface area contributed by atoms with Crippen LogP contribution < -0.4 is 10.1 Å². The molecule has 1 fully saturated rings. The SMILES string of the molecule is CN=CCC1(n2nc(Nc3ccc(S(=O)(=O)N(C)C)cc3)c3c(OCc4ccccc4)nccc32)CCN(C(=O)OC(C)(C)C)CC1. The Morgan fingerprint density at radius 3 is 2.36 bits per heavy atom. The normalized spacial score (nSPS) is 15.3. The maximum absolute atomic E-state index is 12.9. The number of aliphatic imine (C=N–C) groups is 1. The fraction of sp³-hybridized carbons (Fsp3) is 0.412. The Kier molecular flexibility index (Phi) is 9.87. The molecule has 1 aliphatic heterocycles. The lowest BCUT2D eigenvalue weighted by atomic mass is 9.84. The largest absolute Gasteiger partial charge is 0.472 e. The number of aromatic nitrogens is 3. The predicted molar refractivity (Wildman–Crippen MR) is 183 cm³/mol. The molecule has 5 rings (SSSR count). The van der Waals surface area contributed by atoms with E-state index in [0.29, 0.717) is 61.7 Å². The first kappa shape index (κ1) is 33.9. The van der Waals surface area contributed by atoms with Gasteiger partial charge in [0.1, 0.15) is 17.6 Å². The van der Waals surface area contributed by atoms with Gasteiger partial charge in [-0.15, -0.1) is 0 Å². The van der Waals surface area contributed by atoms with Crippen molar-refractivity contribution in [1.29, 1.82) is 0 Å². The standard InChI is InChI=1S/C34H43N7O5S/c1-33(2,3)46-32(42)40-22-18-34(19-23-40,17-21-35-4)41-28-16-20-36-31(45-24-25-10-8-7-9-11-25)29(28)30(38-41)37-26-12-14-27(15-13-26)47(43,44)39(5)6/h7-16,20-21H,17-19,22-24H2,1-6H3,(H,37,38).